The average molecular weight is 448 g/mol. The summed E-state index contributed by atoms with van der Waals surface area (Å²) in [4.78, 5) is 7.08. The molecule has 3 rings (SSSR count). The van der Waals surface area contributed by atoms with Crippen LogP contribution in [0.4, 0.5) is 0 Å². The number of likely N-dealkylation sites (tertiary alicyclic amines) is 1. The van der Waals surface area contributed by atoms with Crippen molar-refractivity contribution in [3.63, 3.8) is 0 Å². The summed E-state index contributed by atoms with van der Waals surface area (Å²) in [5.74, 6) is 3.65. The van der Waals surface area contributed by atoms with Crippen molar-refractivity contribution in [1.29, 1.82) is 0 Å². The highest BCUT2D eigenvalue weighted by Crippen LogP contribution is 2.31. The van der Waals surface area contributed by atoms with E-state index in [0.29, 0.717) is 0 Å². The van der Waals surface area contributed by atoms with E-state index in [1.807, 2.05) is 7.05 Å². The molecule has 3 aliphatic rings. The molecule has 0 spiro atoms. The predicted molar refractivity (Wildman–Crippen MR) is 113 cm³/mol. The first-order valence-corrected chi connectivity index (χ1v) is 9.93. The molecule has 2 aliphatic carbocycles. The fourth-order valence-corrected chi connectivity index (χ4v) is 4.48. The van der Waals surface area contributed by atoms with E-state index >= 15 is 0 Å². The molecule has 0 bridgehead atoms. The van der Waals surface area contributed by atoms with Crippen LogP contribution in [0, 0.1) is 17.8 Å². The van der Waals surface area contributed by atoms with E-state index in [2.05, 4.69) is 27.4 Å². The van der Waals surface area contributed by atoms with Crippen molar-refractivity contribution >= 4 is 29.9 Å². The summed E-state index contributed by atoms with van der Waals surface area (Å²) in [6, 6.07) is 0.926. The lowest BCUT2D eigenvalue weighted by Crippen LogP contribution is -2.41. The highest BCUT2D eigenvalue weighted by Gasteiger charge is 2.34. The summed E-state index contributed by atoms with van der Waals surface area (Å²) in [5.41, 5.74) is 0. The van der Waals surface area contributed by atoms with Crippen molar-refractivity contribution in [3.05, 3.63) is 0 Å². The van der Waals surface area contributed by atoms with Gasteiger partial charge >= 0.3 is 0 Å². The van der Waals surface area contributed by atoms with Crippen LogP contribution in [0.1, 0.15) is 58.3 Å². The van der Waals surface area contributed by atoms with E-state index in [1.165, 1.54) is 64.5 Å². The Kier molecular flexibility index (Phi) is 8.61. The van der Waals surface area contributed by atoms with Crippen molar-refractivity contribution < 1.29 is 0 Å². The first-order chi connectivity index (χ1) is 11.2. The molecule has 0 aromatic heterocycles. The van der Waals surface area contributed by atoms with Crippen LogP contribution in [0.2, 0.25) is 0 Å². The summed E-state index contributed by atoms with van der Waals surface area (Å²) in [6.45, 7) is 7.14. The molecule has 2 saturated carbocycles. The van der Waals surface area contributed by atoms with Crippen molar-refractivity contribution in [1.82, 2.24) is 15.5 Å². The molecule has 3 atom stereocenters. The minimum absolute atomic E-state index is 0. The van der Waals surface area contributed by atoms with Crippen molar-refractivity contribution in [2.45, 2.75) is 64.3 Å². The molecule has 24 heavy (non-hydrogen) atoms. The lowest BCUT2D eigenvalue weighted by atomic mass is 9.81. The fraction of sp³-hybridized carbons (Fsp3) is 0.947. The van der Waals surface area contributed by atoms with E-state index in [0.717, 1.165) is 42.8 Å². The Hall–Kier alpha value is -0.0400. The number of hydrogen-bond donors (Lipinski definition) is 2. The van der Waals surface area contributed by atoms with Gasteiger partial charge in [-0.1, -0.05) is 26.2 Å². The molecule has 3 fully saturated rings. The molecule has 0 radical (unpaired) electrons. The molecule has 1 saturated heterocycles. The van der Waals surface area contributed by atoms with Crippen LogP contribution in [0.25, 0.3) is 0 Å². The average Bonchev–Trinajstić information content (AvgIpc) is 3.30. The zero-order valence-corrected chi connectivity index (χ0v) is 17.9. The van der Waals surface area contributed by atoms with E-state index in [1.54, 1.807) is 0 Å². The number of rotatable bonds is 6. The van der Waals surface area contributed by atoms with E-state index < -0.39 is 0 Å². The maximum absolute atomic E-state index is 4.39. The highest BCUT2D eigenvalue weighted by molar-refractivity contribution is 14.0. The molecule has 1 heterocycles. The van der Waals surface area contributed by atoms with Crippen molar-refractivity contribution in [2.75, 3.05) is 33.2 Å². The zero-order valence-electron chi connectivity index (χ0n) is 15.6. The summed E-state index contributed by atoms with van der Waals surface area (Å²) < 4.78 is 0. The van der Waals surface area contributed by atoms with Gasteiger partial charge in [-0.05, 0) is 56.4 Å². The number of hydrogen-bond acceptors (Lipinski definition) is 2. The Bertz CT molecular complexity index is 397. The first-order valence-electron chi connectivity index (χ1n) is 9.93. The number of guanidine groups is 1. The monoisotopic (exact) mass is 448 g/mol. The van der Waals surface area contributed by atoms with Gasteiger partial charge in [-0.2, -0.15) is 0 Å². The highest BCUT2D eigenvalue weighted by atomic mass is 127. The van der Waals surface area contributed by atoms with Gasteiger partial charge in [-0.3, -0.25) is 4.99 Å². The number of nitrogens with zero attached hydrogens (tertiary/aromatic N) is 2. The minimum Gasteiger partial charge on any atom is -0.356 e. The predicted octanol–water partition coefficient (Wildman–Crippen LogP) is 3.47. The Morgan fingerprint density at radius 2 is 1.92 bits per heavy atom. The molecular weight excluding hydrogens is 411 g/mol. The van der Waals surface area contributed by atoms with Crippen molar-refractivity contribution in [2.24, 2.45) is 22.7 Å². The van der Waals surface area contributed by atoms with Gasteiger partial charge < -0.3 is 15.5 Å². The Morgan fingerprint density at radius 3 is 2.62 bits per heavy atom. The SMILES string of the molecule is CN=C(NCCC1CCCC(C)C1)NCC1CCN(C2CC2)C1.I. The summed E-state index contributed by atoms with van der Waals surface area (Å²) in [6.07, 6.45) is 11.2. The molecule has 3 unspecified atom stereocenters. The molecule has 4 nitrogen and oxygen atoms in total. The largest absolute Gasteiger partial charge is 0.356 e. The number of nitrogens with one attached hydrogen (secondary N) is 2. The topological polar surface area (TPSA) is 39.7 Å². The lowest BCUT2D eigenvalue weighted by Gasteiger charge is -2.27. The molecule has 140 valence electrons. The zero-order chi connectivity index (χ0) is 16.1. The lowest BCUT2D eigenvalue weighted by molar-refractivity contribution is 0.270. The first kappa shape index (κ1) is 20.3. The summed E-state index contributed by atoms with van der Waals surface area (Å²) in [7, 11) is 1.89. The Morgan fingerprint density at radius 1 is 1.08 bits per heavy atom. The van der Waals surface area contributed by atoms with Crippen LogP contribution >= 0.6 is 24.0 Å². The molecule has 5 heteroatoms. The summed E-state index contributed by atoms with van der Waals surface area (Å²) in [5, 5.41) is 7.08. The summed E-state index contributed by atoms with van der Waals surface area (Å²) >= 11 is 0. The van der Waals surface area contributed by atoms with Crippen LogP contribution in [0.15, 0.2) is 4.99 Å². The van der Waals surface area contributed by atoms with E-state index in [4.69, 9.17) is 0 Å². The molecule has 0 aromatic carbocycles. The van der Waals surface area contributed by atoms with E-state index in [9.17, 15) is 0 Å². The van der Waals surface area contributed by atoms with Gasteiger partial charge in [-0.15, -0.1) is 24.0 Å². The second kappa shape index (κ2) is 10.2. The normalized spacial score (nSPS) is 31.6. The fourth-order valence-electron chi connectivity index (χ4n) is 4.48. The van der Waals surface area contributed by atoms with Gasteiger partial charge in [0.05, 0.1) is 0 Å². The van der Waals surface area contributed by atoms with Crippen LogP contribution < -0.4 is 10.6 Å². The standard InChI is InChI=1S/C19H36N4.HI/c1-15-4-3-5-16(12-15)8-10-21-19(20-2)22-13-17-9-11-23(14-17)18-6-7-18;/h15-18H,3-14H2,1-2H3,(H2,20,21,22);1H. The van der Waals surface area contributed by atoms with Gasteiger partial charge in [-0.25, -0.2) is 0 Å². The third-order valence-corrected chi connectivity index (χ3v) is 6.05. The Balaban J connectivity index is 0.00000208. The second-order valence-electron chi connectivity index (χ2n) is 8.19. The molecule has 1 aliphatic heterocycles. The van der Waals surface area contributed by atoms with Gasteiger partial charge in [0, 0.05) is 32.7 Å². The number of aliphatic imine (C=N–C) groups is 1. The molecule has 2 N–H and O–H groups in total. The maximum Gasteiger partial charge on any atom is 0.190 e. The number of halogens is 1. The second-order valence-corrected chi connectivity index (χ2v) is 8.19. The van der Waals surface area contributed by atoms with E-state index in [-0.39, 0.29) is 24.0 Å². The van der Waals surface area contributed by atoms with Gasteiger partial charge in [0.15, 0.2) is 5.96 Å². The Labute approximate surface area is 165 Å². The van der Waals surface area contributed by atoms with Crippen molar-refractivity contribution in [3.8, 4) is 0 Å². The molecule has 0 aromatic rings. The third-order valence-electron chi connectivity index (χ3n) is 6.05. The van der Waals surface area contributed by atoms with Crippen LogP contribution in [-0.2, 0) is 0 Å². The smallest absolute Gasteiger partial charge is 0.190 e. The minimum atomic E-state index is 0. The van der Waals surface area contributed by atoms with Gasteiger partial charge in [0.1, 0.15) is 0 Å². The van der Waals surface area contributed by atoms with Gasteiger partial charge in [0.2, 0.25) is 0 Å². The quantitative estimate of drug-likeness (QED) is 0.372. The van der Waals surface area contributed by atoms with Crippen LogP contribution in [-0.4, -0.2) is 50.1 Å². The van der Waals surface area contributed by atoms with Gasteiger partial charge in [0.25, 0.3) is 0 Å². The van der Waals surface area contributed by atoms with Crippen LogP contribution in [0.5, 0.6) is 0 Å². The maximum atomic E-state index is 4.39. The molecular formula is C19H37IN4. The third kappa shape index (κ3) is 6.36. The van der Waals surface area contributed by atoms with Crippen LogP contribution in [0.3, 0.4) is 0 Å². The molecule has 0 amide bonds.